The van der Waals surface area contributed by atoms with Crippen molar-refractivity contribution >= 4 is 17.5 Å². The summed E-state index contributed by atoms with van der Waals surface area (Å²) in [4.78, 5) is 36.1. The van der Waals surface area contributed by atoms with Crippen LogP contribution in [0.1, 0.15) is 45.4 Å². The molecule has 2 aliphatic rings. The third-order valence-electron chi connectivity index (χ3n) is 3.99. The van der Waals surface area contributed by atoms with Crippen LogP contribution < -0.4 is 0 Å². The summed E-state index contributed by atoms with van der Waals surface area (Å²) in [5, 5.41) is 0. The van der Waals surface area contributed by atoms with Crippen molar-refractivity contribution in [3.63, 3.8) is 0 Å². The monoisotopic (exact) mass is 238 g/mol. The number of ether oxygens (including phenoxy) is 1. The first kappa shape index (κ1) is 12.3. The fraction of sp³-hybridized carbons (Fsp3) is 0.769. The minimum absolute atomic E-state index is 0.0109. The van der Waals surface area contributed by atoms with Gasteiger partial charge in [0.05, 0.1) is 12.5 Å². The van der Waals surface area contributed by atoms with Gasteiger partial charge in [-0.2, -0.15) is 0 Å². The number of esters is 1. The molecule has 0 N–H and O–H groups in total. The molecule has 2 saturated carbocycles. The summed E-state index contributed by atoms with van der Waals surface area (Å²) < 4.78 is 5.05. The van der Waals surface area contributed by atoms with Crippen LogP contribution in [0.3, 0.4) is 0 Å². The van der Waals surface area contributed by atoms with Gasteiger partial charge in [-0.15, -0.1) is 0 Å². The molecule has 0 heterocycles. The second-order valence-corrected chi connectivity index (χ2v) is 4.93. The maximum absolute atomic E-state index is 12.4. The molecule has 0 aliphatic heterocycles. The Morgan fingerprint density at radius 1 is 1.35 bits per heavy atom. The highest BCUT2D eigenvalue weighted by Gasteiger charge is 2.54. The Morgan fingerprint density at radius 2 is 2.12 bits per heavy atom. The molecule has 0 unspecified atom stereocenters. The highest BCUT2D eigenvalue weighted by atomic mass is 16.5. The van der Waals surface area contributed by atoms with E-state index in [1.165, 1.54) is 0 Å². The lowest BCUT2D eigenvalue weighted by molar-refractivity contribution is -0.165. The fourth-order valence-corrected chi connectivity index (χ4v) is 3.00. The molecule has 17 heavy (non-hydrogen) atoms. The molecule has 2 aliphatic carbocycles. The SMILES string of the molecule is CCOC(=O)[C@@]12CCCC[C@@H](C(=O)CC1)C2=O. The van der Waals surface area contributed by atoms with Gasteiger partial charge in [0, 0.05) is 6.42 Å². The average Bonchev–Trinajstić information content (AvgIpc) is 2.40. The zero-order valence-electron chi connectivity index (χ0n) is 10.2. The molecule has 2 fully saturated rings. The van der Waals surface area contributed by atoms with E-state index < -0.39 is 17.3 Å². The Hall–Kier alpha value is -1.19. The largest absolute Gasteiger partial charge is 0.465 e. The Bertz CT molecular complexity index is 360. The predicted molar refractivity (Wildman–Crippen MR) is 60.3 cm³/mol. The number of hydrogen-bond donors (Lipinski definition) is 0. The van der Waals surface area contributed by atoms with Crippen LogP contribution in [0.4, 0.5) is 0 Å². The van der Waals surface area contributed by atoms with Crippen LogP contribution >= 0.6 is 0 Å². The third-order valence-corrected chi connectivity index (χ3v) is 3.99. The zero-order valence-corrected chi connectivity index (χ0v) is 10.2. The lowest BCUT2D eigenvalue weighted by atomic mass is 9.67. The second kappa shape index (κ2) is 4.59. The number of hydrogen-bond acceptors (Lipinski definition) is 4. The first-order valence-electron chi connectivity index (χ1n) is 6.36. The quantitative estimate of drug-likeness (QED) is 0.542. The average molecular weight is 238 g/mol. The molecular formula is C13H18O4. The third kappa shape index (κ3) is 1.90. The van der Waals surface area contributed by atoms with Gasteiger partial charge in [0.25, 0.3) is 0 Å². The number of carbonyl (C=O) groups is 3. The van der Waals surface area contributed by atoms with Gasteiger partial charge in [-0.1, -0.05) is 12.8 Å². The van der Waals surface area contributed by atoms with Gasteiger partial charge in [0.15, 0.2) is 5.78 Å². The Labute approximate surface area is 101 Å². The van der Waals surface area contributed by atoms with Gasteiger partial charge >= 0.3 is 5.97 Å². The topological polar surface area (TPSA) is 60.4 Å². The van der Waals surface area contributed by atoms with Gasteiger partial charge in [-0.05, 0) is 26.2 Å². The summed E-state index contributed by atoms with van der Waals surface area (Å²) >= 11 is 0. The molecule has 0 saturated heterocycles. The Morgan fingerprint density at radius 3 is 2.82 bits per heavy atom. The van der Waals surface area contributed by atoms with E-state index in [-0.39, 0.29) is 18.2 Å². The fourth-order valence-electron chi connectivity index (χ4n) is 3.00. The second-order valence-electron chi connectivity index (χ2n) is 4.93. The smallest absolute Gasteiger partial charge is 0.319 e. The van der Waals surface area contributed by atoms with E-state index in [1.54, 1.807) is 6.92 Å². The molecule has 0 aromatic rings. The van der Waals surface area contributed by atoms with Crippen LogP contribution in [0.5, 0.6) is 0 Å². The first-order chi connectivity index (χ1) is 8.12. The molecule has 94 valence electrons. The lowest BCUT2D eigenvalue weighted by Gasteiger charge is -2.34. The van der Waals surface area contributed by atoms with Crippen molar-refractivity contribution < 1.29 is 19.1 Å². The van der Waals surface area contributed by atoms with Crippen molar-refractivity contribution in [1.29, 1.82) is 0 Å². The van der Waals surface area contributed by atoms with Gasteiger partial charge in [-0.25, -0.2) is 0 Å². The van der Waals surface area contributed by atoms with E-state index in [1.807, 2.05) is 0 Å². The van der Waals surface area contributed by atoms with E-state index in [4.69, 9.17) is 4.74 Å². The van der Waals surface area contributed by atoms with Crippen molar-refractivity contribution in [2.45, 2.75) is 45.4 Å². The standard InChI is InChI=1S/C13H18O4/c1-2-17-12(16)13-7-4-3-5-9(11(13)15)10(14)6-8-13/h9H,2-8H2,1H3/t9-,13-/m0/s1. The van der Waals surface area contributed by atoms with Crippen molar-refractivity contribution in [3.05, 3.63) is 0 Å². The Balaban J connectivity index is 2.33. The van der Waals surface area contributed by atoms with E-state index >= 15 is 0 Å². The highest BCUT2D eigenvalue weighted by Crippen LogP contribution is 2.44. The highest BCUT2D eigenvalue weighted by molar-refractivity contribution is 6.15. The van der Waals surface area contributed by atoms with Gasteiger partial charge in [0.1, 0.15) is 11.2 Å². The number of carbonyl (C=O) groups excluding carboxylic acids is 3. The van der Waals surface area contributed by atoms with Crippen molar-refractivity contribution in [2.75, 3.05) is 6.61 Å². The summed E-state index contributed by atoms with van der Waals surface area (Å²) in [6.45, 7) is 2.02. The van der Waals surface area contributed by atoms with E-state index in [0.717, 1.165) is 12.8 Å². The molecule has 2 bridgehead atoms. The molecule has 0 aromatic heterocycles. The first-order valence-corrected chi connectivity index (χ1v) is 6.36. The van der Waals surface area contributed by atoms with Crippen LogP contribution in [0, 0.1) is 11.3 Å². The number of Topliss-reactive ketones (excluding diaryl/α,β-unsaturated/α-hetero) is 2. The maximum Gasteiger partial charge on any atom is 0.319 e. The minimum atomic E-state index is -1.01. The van der Waals surface area contributed by atoms with E-state index in [2.05, 4.69) is 0 Å². The van der Waals surface area contributed by atoms with Crippen LogP contribution in [0.15, 0.2) is 0 Å². The molecule has 4 nitrogen and oxygen atoms in total. The summed E-state index contributed by atoms with van der Waals surface area (Å²) in [5.74, 6) is -1.12. The molecule has 2 atom stereocenters. The molecule has 0 radical (unpaired) electrons. The Kier molecular flexibility index (Phi) is 3.31. The normalized spacial score (nSPS) is 33.1. The molecule has 0 aromatic carbocycles. The molecule has 0 spiro atoms. The number of fused-ring (bicyclic) bond motifs is 2. The summed E-state index contributed by atoms with van der Waals surface area (Å²) in [5.41, 5.74) is -1.01. The van der Waals surface area contributed by atoms with Crippen LogP contribution in [-0.4, -0.2) is 24.1 Å². The maximum atomic E-state index is 12.4. The van der Waals surface area contributed by atoms with Crippen LogP contribution in [0.2, 0.25) is 0 Å². The summed E-state index contributed by atoms with van der Waals surface area (Å²) in [6.07, 6.45) is 3.53. The van der Waals surface area contributed by atoms with Gasteiger partial charge in [-0.3, -0.25) is 14.4 Å². The molecule has 4 heteroatoms. The van der Waals surface area contributed by atoms with Crippen molar-refractivity contribution in [3.8, 4) is 0 Å². The van der Waals surface area contributed by atoms with E-state index in [9.17, 15) is 14.4 Å². The summed E-state index contributed by atoms with van der Waals surface area (Å²) in [7, 11) is 0. The molecule has 0 amide bonds. The summed E-state index contributed by atoms with van der Waals surface area (Å²) in [6, 6.07) is 0. The van der Waals surface area contributed by atoms with Gasteiger partial charge in [0.2, 0.25) is 0 Å². The number of rotatable bonds is 2. The predicted octanol–water partition coefficient (Wildman–Crippen LogP) is 1.66. The van der Waals surface area contributed by atoms with E-state index in [0.29, 0.717) is 25.7 Å². The molecular weight excluding hydrogens is 220 g/mol. The number of ketones is 2. The minimum Gasteiger partial charge on any atom is -0.465 e. The lowest BCUT2D eigenvalue weighted by Crippen LogP contribution is -2.48. The van der Waals surface area contributed by atoms with Crippen molar-refractivity contribution in [1.82, 2.24) is 0 Å². The van der Waals surface area contributed by atoms with Crippen molar-refractivity contribution in [2.24, 2.45) is 11.3 Å². The van der Waals surface area contributed by atoms with Crippen LogP contribution in [-0.2, 0) is 19.1 Å². The zero-order chi connectivity index (χ0) is 12.5. The van der Waals surface area contributed by atoms with Gasteiger partial charge < -0.3 is 4.74 Å². The molecule has 2 rings (SSSR count). The van der Waals surface area contributed by atoms with Crippen LogP contribution in [0.25, 0.3) is 0 Å².